The van der Waals surface area contributed by atoms with Crippen molar-refractivity contribution in [2.75, 3.05) is 38.0 Å². The van der Waals surface area contributed by atoms with E-state index in [4.69, 9.17) is 5.26 Å². The number of rotatable bonds is 5. The molecule has 0 bridgehead atoms. The van der Waals surface area contributed by atoms with Gasteiger partial charge in [0, 0.05) is 5.69 Å². The third kappa shape index (κ3) is 5.01. The van der Waals surface area contributed by atoms with Gasteiger partial charge in [0.05, 0.1) is 42.7 Å². The number of carbonyl (C=O) groups excluding carboxylic acids is 1. The molecule has 2 aromatic carbocycles. The first kappa shape index (κ1) is 21.0. The topological polar surface area (TPSA) is 94.7 Å². The van der Waals surface area contributed by atoms with Gasteiger partial charge in [-0.05, 0) is 43.7 Å². The van der Waals surface area contributed by atoms with E-state index in [1.54, 1.807) is 30.3 Å². The van der Waals surface area contributed by atoms with Gasteiger partial charge in [-0.3, -0.25) is 4.79 Å². The lowest BCUT2D eigenvalue weighted by Crippen LogP contribution is -3.15. The van der Waals surface area contributed by atoms with Crippen molar-refractivity contribution in [1.82, 2.24) is 4.31 Å². The zero-order chi connectivity index (χ0) is 21.0. The molecule has 8 heteroatoms. The van der Waals surface area contributed by atoms with E-state index in [1.165, 1.54) is 4.31 Å². The Balaban J connectivity index is 1.57. The van der Waals surface area contributed by atoms with Crippen molar-refractivity contribution in [3.8, 4) is 6.07 Å². The summed E-state index contributed by atoms with van der Waals surface area (Å²) in [6, 6.07) is 14.2. The molecule has 29 heavy (non-hydrogen) atoms. The number of anilines is 1. The molecule has 1 aliphatic rings. The average Bonchev–Trinajstić information content (AvgIpc) is 2.68. The van der Waals surface area contributed by atoms with Crippen molar-refractivity contribution in [3.63, 3.8) is 0 Å². The van der Waals surface area contributed by atoms with E-state index < -0.39 is 10.0 Å². The maximum Gasteiger partial charge on any atom is 0.279 e. The molecule has 0 unspecified atom stereocenters. The van der Waals surface area contributed by atoms with E-state index >= 15 is 0 Å². The fourth-order valence-electron chi connectivity index (χ4n) is 3.55. The second kappa shape index (κ2) is 8.74. The van der Waals surface area contributed by atoms with Gasteiger partial charge in [-0.15, -0.1) is 0 Å². The van der Waals surface area contributed by atoms with Crippen LogP contribution in [-0.2, 0) is 14.8 Å². The van der Waals surface area contributed by atoms with Gasteiger partial charge in [0.1, 0.15) is 0 Å². The minimum Gasteiger partial charge on any atom is -0.325 e. The van der Waals surface area contributed by atoms with Crippen molar-refractivity contribution in [1.29, 1.82) is 5.26 Å². The number of amides is 1. The molecule has 0 atom stereocenters. The summed E-state index contributed by atoms with van der Waals surface area (Å²) in [5.41, 5.74) is 2.85. The summed E-state index contributed by atoms with van der Waals surface area (Å²) in [7, 11) is -3.53. The molecule has 0 saturated carbocycles. The van der Waals surface area contributed by atoms with E-state index in [1.807, 2.05) is 32.0 Å². The molecule has 2 aromatic rings. The number of nitrogens with zero attached hydrogens (tertiary/aromatic N) is 2. The third-order valence-corrected chi connectivity index (χ3v) is 7.12. The number of hydrogen-bond donors (Lipinski definition) is 2. The Morgan fingerprint density at radius 2 is 1.90 bits per heavy atom. The van der Waals surface area contributed by atoms with Crippen LogP contribution in [0, 0.1) is 25.2 Å². The van der Waals surface area contributed by atoms with E-state index in [-0.39, 0.29) is 12.5 Å². The lowest BCUT2D eigenvalue weighted by molar-refractivity contribution is -0.895. The molecular weight excluding hydrogens is 388 g/mol. The smallest absolute Gasteiger partial charge is 0.279 e. The number of carbonyl (C=O) groups is 1. The number of benzene rings is 2. The maximum absolute atomic E-state index is 13.0. The second-order valence-corrected chi connectivity index (χ2v) is 9.25. The Bertz CT molecular complexity index is 1050. The van der Waals surface area contributed by atoms with Gasteiger partial charge in [0.2, 0.25) is 10.0 Å². The van der Waals surface area contributed by atoms with Crippen molar-refractivity contribution in [2.24, 2.45) is 0 Å². The average molecular weight is 414 g/mol. The molecular formula is C21H25N4O3S+. The number of piperazine rings is 1. The molecule has 0 aromatic heterocycles. The molecule has 1 heterocycles. The van der Waals surface area contributed by atoms with Crippen LogP contribution in [0.2, 0.25) is 0 Å². The minimum absolute atomic E-state index is 0.152. The molecule has 0 aliphatic carbocycles. The quantitative estimate of drug-likeness (QED) is 0.755. The number of sulfonamides is 1. The number of hydrogen-bond acceptors (Lipinski definition) is 4. The molecule has 1 saturated heterocycles. The van der Waals surface area contributed by atoms with Crippen molar-refractivity contribution in [2.45, 2.75) is 18.7 Å². The number of aryl methyl sites for hydroxylation is 2. The fraction of sp³-hybridized carbons (Fsp3) is 0.333. The molecule has 2 N–H and O–H groups in total. The van der Waals surface area contributed by atoms with Crippen molar-refractivity contribution in [3.05, 3.63) is 59.2 Å². The van der Waals surface area contributed by atoms with Gasteiger partial charge < -0.3 is 10.2 Å². The first-order valence-electron chi connectivity index (χ1n) is 9.50. The molecule has 1 amide bonds. The molecule has 7 nitrogen and oxygen atoms in total. The summed E-state index contributed by atoms with van der Waals surface area (Å²) in [6.45, 7) is 5.89. The SMILES string of the molecule is Cc1ccc(S(=O)(=O)N2CC[NH+](CC(=O)Nc3cccc(C#N)c3)CC2)c(C)c1. The monoisotopic (exact) mass is 413 g/mol. The zero-order valence-electron chi connectivity index (χ0n) is 16.6. The predicted octanol–water partition coefficient (Wildman–Crippen LogP) is 0.703. The van der Waals surface area contributed by atoms with Crippen LogP contribution >= 0.6 is 0 Å². The van der Waals surface area contributed by atoms with Crippen LogP contribution in [0.5, 0.6) is 0 Å². The third-order valence-electron chi connectivity index (χ3n) is 5.06. The predicted molar refractivity (Wildman–Crippen MR) is 110 cm³/mol. The Kier molecular flexibility index (Phi) is 6.33. The van der Waals surface area contributed by atoms with Crippen LogP contribution in [0.3, 0.4) is 0 Å². The highest BCUT2D eigenvalue weighted by atomic mass is 32.2. The first-order chi connectivity index (χ1) is 13.8. The Labute approximate surface area is 171 Å². The zero-order valence-corrected chi connectivity index (χ0v) is 17.4. The normalized spacial score (nSPS) is 15.6. The van der Waals surface area contributed by atoms with Crippen LogP contribution in [-0.4, -0.2) is 51.4 Å². The van der Waals surface area contributed by atoms with Crippen LogP contribution in [0.15, 0.2) is 47.4 Å². The number of nitriles is 1. The highest BCUT2D eigenvalue weighted by Gasteiger charge is 2.32. The lowest BCUT2D eigenvalue weighted by Gasteiger charge is -2.31. The van der Waals surface area contributed by atoms with Gasteiger partial charge in [0.15, 0.2) is 6.54 Å². The summed E-state index contributed by atoms with van der Waals surface area (Å²) in [6.07, 6.45) is 0. The van der Waals surface area contributed by atoms with Gasteiger partial charge in [-0.1, -0.05) is 23.8 Å². The second-order valence-electron chi connectivity index (χ2n) is 7.34. The standard InChI is InChI=1S/C21H24N4O3S/c1-16-6-7-20(17(2)12-16)29(27,28)25-10-8-24(9-11-25)15-21(26)23-19-5-3-4-18(13-19)14-22/h3-7,12-13H,8-11,15H2,1-2H3,(H,23,26)/p+1. The van der Waals surface area contributed by atoms with E-state index in [2.05, 4.69) is 5.32 Å². The largest absolute Gasteiger partial charge is 0.325 e. The summed E-state index contributed by atoms with van der Waals surface area (Å²) in [5.74, 6) is -0.152. The molecule has 0 radical (unpaired) electrons. The van der Waals surface area contributed by atoms with E-state index in [9.17, 15) is 13.2 Å². The van der Waals surface area contributed by atoms with Gasteiger partial charge in [0.25, 0.3) is 5.91 Å². The molecule has 152 valence electrons. The minimum atomic E-state index is -3.53. The van der Waals surface area contributed by atoms with E-state index in [0.29, 0.717) is 42.3 Å². The van der Waals surface area contributed by atoms with Crippen LogP contribution in [0.4, 0.5) is 5.69 Å². The summed E-state index contributed by atoms with van der Waals surface area (Å²) < 4.78 is 27.4. The van der Waals surface area contributed by atoms with Crippen LogP contribution in [0.25, 0.3) is 0 Å². The van der Waals surface area contributed by atoms with Gasteiger partial charge >= 0.3 is 0 Å². The number of quaternary nitrogens is 1. The Morgan fingerprint density at radius 1 is 1.17 bits per heavy atom. The summed E-state index contributed by atoms with van der Waals surface area (Å²) >= 11 is 0. The van der Waals surface area contributed by atoms with Crippen LogP contribution < -0.4 is 10.2 Å². The first-order valence-corrected chi connectivity index (χ1v) is 10.9. The van der Waals surface area contributed by atoms with Crippen molar-refractivity contribution >= 4 is 21.6 Å². The Hall–Kier alpha value is -2.73. The fourth-order valence-corrected chi connectivity index (χ4v) is 5.19. The summed E-state index contributed by atoms with van der Waals surface area (Å²) in [4.78, 5) is 13.7. The number of nitrogens with one attached hydrogen (secondary N) is 2. The van der Waals surface area contributed by atoms with E-state index in [0.717, 1.165) is 16.0 Å². The highest BCUT2D eigenvalue weighted by Crippen LogP contribution is 2.20. The lowest BCUT2D eigenvalue weighted by atomic mass is 10.2. The molecule has 3 rings (SSSR count). The van der Waals surface area contributed by atoms with Gasteiger partial charge in [-0.2, -0.15) is 9.57 Å². The maximum atomic E-state index is 13.0. The summed E-state index contributed by atoms with van der Waals surface area (Å²) in [5, 5.41) is 11.7. The van der Waals surface area contributed by atoms with Crippen LogP contribution in [0.1, 0.15) is 16.7 Å². The molecule has 1 fully saturated rings. The Morgan fingerprint density at radius 3 is 2.55 bits per heavy atom. The highest BCUT2D eigenvalue weighted by molar-refractivity contribution is 7.89. The molecule has 1 aliphatic heterocycles. The molecule has 0 spiro atoms. The van der Waals surface area contributed by atoms with Gasteiger partial charge in [-0.25, -0.2) is 8.42 Å². The van der Waals surface area contributed by atoms with Crippen molar-refractivity contribution < 1.29 is 18.1 Å².